The predicted octanol–water partition coefficient (Wildman–Crippen LogP) is 4.10. The van der Waals surface area contributed by atoms with Crippen molar-refractivity contribution in [3.05, 3.63) is 64.4 Å². The zero-order valence-corrected chi connectivity index (χ0v) is 18.0. The van der Waals surface area contributed by atoms with Gasteiger partial charge in [-0.25, -0.2) is 9.59 Å². The molecule has 2 fully saturated rings. The fourth-order valence-electron chi connectivity index (χ4n) is 4.66. The van der Waals surface area contributed by atoms with Gasteiger partial charge in [-0.1, -0.05) is 30.3 Å². The number of carbonyl (C=O) groups is 2. The van der Waals surface area contributed by atoms with Crippen LogP contribution in [0.5, 0.6) is 0 Å². The van der Waals surface area contributed by atoms with Crippen molar-refractivity contribution in [1.29, 1.82) is 0 Å². The molecular weight excluding hydrogens is 452 g/mol. The van der Waals surface area contributed by atoms with E-state index in [9.17, 15) is 14.7 Å². The van der Waals surface area contributed by atoms with Crippen molar-refractivity contribution in [3.8, 4) is 0 Å². The average molecular weight is 475 g/mol. The Hall–Kier alpha value is -2.45. The van der Waals surface area contributed by atoms with E-state index < -0.39 is 18.2 Å². The maximum absolute atomic E-state index is 12.9. The number of hydrogen-bond donors (Lipinski definition) is 1. The second-order valence-electron chi connectivity index (χ2n) is 7.77. The summed E-state index contributed by atoms with van der Waals surface area (Å²) < 4.78 is 12.4. The van der Waals surface area contributed by atoms with E-state index in [1.807, 2.05) is 41.3 Å². The molecule has 2 aliphatic heterocycles. The number of amides is 1. The van der Waals surface area contributed by atoms with Crippen LogP contribution in [0.3, 0.4) is 0 Å². The normalized spacial score (nSPS) is 25.2. The minimum Gasteiger partial charge on any atom is -0.480 e. The molecule has 4 rings (SSSR count). The van der Waals surface area contributed by atoms with Gasteiger partial charge in [0.05, 0.1) is 5.60 Å². The van der Waals surface area contributed by atoms with Gasteiger partial charge in [-0.3, -0.25) is 4.98 Å². The van der Waals surface area contributed by atoms with Gasteiger partial charge >= 0.3 is 12.1 Å². The van der Waals surface area contributed by atoms with Crippen LogP contribution >= 0.6 is 15.9 Å². The monoisotopic (exact) mass is 474 g/mol. The molecular formula is C22H23BrN2O5. The highest BCUT2D eigenvalue weighted by Crippen LogP contribution is 2.49. The first kappa shape index (κ1) is 20.8. The molecule has 8 heteroatoms. The van der Waals surface area contributed by atoms with Crippen molar-refractivity contribution in [3.63, 3.8) is 0 Å². The van der Waals surface area contributed by atoms with Crippen LogP contribution in [0.25, 0.3) is 0 Å². The molecule has 2 unspecified atom stereocenters. The largest absolute Gasteiger partial charge is 0.480 e. The molecule has 0 aliphatic carbocycles. The van der Waals surface area contributed by atoms with Crippen molar-refractivity contribution in [2.75, 3.05) is 6.61 Å². The molecule has 2 atom stereocenters. The summed E-state index contributed by atoms with van der Waals surface area (Å²) >= 11 is 3.53. The summed E-state index contributed by atoms with van der Waals surface area (Å²) in [6.45, 7) is -0.168. The van der Waals surface area contributed by atoms with Crippen LogP contribution in [0, 0.1) is 0 Å². The lowest BCUT2D eigenvalue weighted by atomic mass is 9.80. The maximum Gasteiger partial charge on any atom is 0.410 e. The second kappa shape index (κ2) is 8.73. The molecule has 1 aromatic carbocycles. The molecule has 0 spiro atoms. The minimum atomic E-state index is -1.02. The summed E-state index contributed by atoms with van der Waals surface area (Å²) in [6, 6.07) is 11.3. The Morgan fingerprint density at radius 1 is 1.17 bits per heavy atom. The van der Waals surface area contributed by atoms with Gasteiger partial charge in [0, 0.05) is 47.4 Å². The van der Waals surface area contributed by atoms with Crippen LogP contribution in [0.2, 0.25) is 0 Å². The number of nitrogens with zero attached hydrogens (tertiary/aromatic N) is 2. The number of aromatic nitrogens is 1. The van der Waals surface area contributed by atoms with Gasteiger partial charge in [0.1, 0.15) is 13.2 Å². The molecule has 2 aliphatic rings. The van der Waals surface area contributed by atoms with Crippen molar-refractivity contribution in [2.24, 2.45) is 0 Å². The van der Waals surface area contributed by atoms with Crippen LogP contribution in [0.4, 0.5) is 4.79 Å². The molecule has 7 nitrogen and oxygen atoms in total. The van der Waals surface area contributed by atoms with Gasteiger partial charge in [-0.15, -0.1) is 0 Å². The van der Waals surface area contributed by atoms with Crippen LogP contribution in [-0.2, 0) is 26.5 Å². The Kier molecular flexibility index (Phi) is 6.06. The Balaban J connectivity index is 1.53. The van der Waals surface area contributed by atoms with E-state index in [-0.39, 0.29) is 24.8 Å². The summed E-state index contributed by atoms with van der Waals surface area (Å²) in [7, 11) is 0. The van der Waals surface area contributed by atoms with Gasteiger partial charge in [0.2, 0.25) is 0 Å². The first-order valence-electron chi connectivity index (χ1n) is 9.93. The zero-order valence-electron chi connectivity index (χ0n) is 16.4. The number of ether oxygens (including phenoxy) is 2. The number of carboxylic acid groups (broad SMARTS) is 1. The molecule has 1 N–H and O–H groups in total. The van der Waals surface area contributed by atoms with E-state index >= 15 is 0 Å². The molecule has 2 bridgehead atoms. The number of hydrogen-bond acceptors (Lipinski definition) is 5. The fourth-order valence-corrected chi connectivity index (χ4v) is 5.27. The third-order valence-corrected chi connectivity index (χ3v) is 6.53. The van der Waals surface area contributed by atoms with Crippen molar-refractivity contribution in [2.45, 2.75) is 50.0 Å². The quantitative estimate of drug-likeness (QED) is 0.677. The Morgan fingerprint density at radius 2 is 1.87 bits per heavy atom. The van der Waals surface area contributed by atoms with E-state index in [4.69, 9.17) is 9.47 Å². The van der Waals surface area contributed by atoms with Gasteiger partial charge in [0.15, 0.2) is 0 Å². The van der Waals surface area contributed by atoms with Gasteiger partial charge in [-0.2, -0.15) is 0 Å². The Morgan fingerprint density at radius 3 is 2.50 bits per heavy atom. The fraction of sp³-hybridized carbons (Fsp3) is 0.409. The van der Waals surface area contributed by atoms with Crippen LogP contribution in [0.15, 0.2) is 53.3 Å². The molecule has 0 saturated carbocycles. The lowest BCUT2D eigenvalue weighted by Gasteiger charge is -2.46. The minimum absolute atomic E-state index is 0.0686. The highest BCUT2D eigenvalue weighted by molar-refractivity contribution is 9.10. The SMILES string of the molecule is O=C(O)COC1(c2ccncc2Br)CC2CCC(C1)N2C(=O)OCc1ccccc1. The number of piperidine rings is 1. The van der Waals surface area contributed by atoms with E-state index in [2.05, 4.69) is 20.9 Å². The molecule has 1 aromatic heterocycles. The Bertz CT molecular complexity index is 909. The van der Waals surface area contributed by atoms with Crippen LogP contribution in [-0.4, -0.2) is 45.7 Å². The summed E-state index contributed by atoms with van der Waals surface area (Å²) in [6.07, 6.45) is 5.74. The first-order valence-corrected chi connectivity index (χ1v) is 10.7. The van der Waals surface area contributed by atoms with Gasteiger partial charge in [-0.05, 0) is 40.4 Å². The van der Waals surface area contributed by atoms with Crippen molar-refractivity contribution in [1.82, 2.24) is 9.88 Å². The van der Waals surface area contributed by atoms with Crippen molar-refractivity contribution < 1.29 is 24.2 Å². The summed E-state index contributed by atoms with van der Waals surface area (Å²) in [4.78, 5) is 30.0. The molecule has 2 aromatic rings. The number of aliphatic carboxylic acids is 1. The lowest BCUT2D eigenvalue weighted by Crippen LogP contribution is -2.53. The van der Waals surface area contributed by atoms with Crippen LogP contribution in [0.1, 0.15) is 36.8 Å². The topological polar surface area (TPSA) is 89.0 Å². The number of carboxylic acids is 1. The summed E-state index contributed by atoms with van der Waals surface area (Å²) in [5.41, 5.74) is 1.02. The third kappa shape index (κ3) is 4.20. The molecule has 3 heterocycles. The van der Waals surface area contributed by atoms with Crippen LogP contribution < -0.4 is 0 Å². The van der Waals surface area contributed by atoms with E-state index in [0.717, 1.165) is 28.4 Å². The molecule has 158 valence electrons. The van der Waals surface area contributed by atoms with E-state index in [1.54, 1.807) is 12.4 Å². The number of pyridine rings is 1. The highest BCUT2D eigenvalue weighted by atomic mass is 79.9. The van der Waals surface area contributed by atoms with Crippen molar-refractivity contribution >= 4 is 28.0 Å². The van der Waals surface area contributed by atoms with Gasteiger partial charge < -0.3 is 19.5 Å². The standard InChI is InChI=1S/C22H23BrN2O5/c23-19-12-24-9-8-18(19)22(30-14-20(26)27)10-16-6-7-17(11-22)25(16)21(28)29-13-15-4-2-1-3-5-15/h1-5,8-9,12,16-17H,6-7,10-11,13-14H2,(H,26,27). The predicted molar refractivity (Wildman–Crippen MR) is 112 cm³/mol. The van der Waals surface area contributed by atoms with E-state index in [1.165, 1.54) is 0 Å². The van der Waals surface area contributed by atoms with E-state index in [0.29, 0.717) is 12.8 Å². The Labute approximate surface area is 183 Å². The second-order valence-corrected chi connectivity index (χ2v) is 8.63. The number of benzene rings is 1. The summed E-state index contributed by atoms with van der Waals surface area (Å²) in [5.74, 6) is -1.02. The lowest BCUT2D eigenvalue weighted by molar-refractivity contribution is -0.158. The highest BCUT2D eigenvalue weighted by Gasteiger charge is 2.52. The summed E-state index contributed by atoms with van der Waals surface area (Å²) in [5, 5.41) is 9.21. The number of rotatable bonds is 6. The first-order chi connectivity index (χ1) is 14.5. The maximum atomic E-state index is 12.9. The van der Waals surface area contributed by atoms with Gasteiger partial charge in [0.25, 0.3) is 0 Å². The number of fused-ring (bicyclic) bond motifs is 2. The molecule has 2 saturated heterocycles. The molecule has 1 amide bonds. The number of carbonyl (C=O) groups excluding carboxylic acids is 1. The third-order valence-electron chi connectivity index (χ3n) is 5.90. The average Bonchev–Trinajstić information content (AvgIpc) is 3.03. The molecule has 30 heavy (non-hydrogen) atoms. The zero-order chi connectivity index (χ0) is 21.1. The smallest absolute Gasteiger partial charge is 0.410 e. The molecule has 0 radical (unpaired) electrons. The number of halogens is 1.